The molecule has 0 saturated heterocycles. The Kier molecular flexibility index (Phi) is 4.89. The molecule has 0 saturated carbocycles. The molecule has 2 aromatic rings. The second-order valence-corrected chi connectivity index (χ2v) is 5.34. The second-order valence-electron chi connectivity index (χ2n) is 4.08. The Labute approximate surface area is 131 Å². The molecule has 1 N–H and O–H groups in total. The number of benzene rings is 2. The van der Waals surface area contributed by atoms with E-state index in [9.17, 15) is 5.26 Å². The van der Waals surface area contributed by atoms with Crippen LogP contribution < -0.4 is 10.1 Å². The smallest absolute Gasteiger partial charge is 0.140 e. The average Bonchev–Trinajstić information content (AvgIpc) is 2.46. The van der Waals surface area contributed by atoms with E-state index in [1.165, 1.54) is 0 Å². The number of nitrogens with one attached hydrogen (secondary N) is 1. The zero-order chi connectivity index (χ0) is 14.5. The number of methoxy groups -OCH3 is 1. The van der Waals surface area contributed by atoms with E-state index in [4.69, 9.17) is 16.3 Å². The van der Waals surface area contributed by atoms with E-state index in [0.717, 1.165) is 21.5 Å². The first-order chi connectivity index (χ1) is 9.65. The van der Waals surface area contributed by atoms with Gasteiger partial charge in [0.1, 0.15) is 11.8 Å². The summed E-state index contributed by atoms with van der Waals surface area (Å²) in [6.45, 7) is 0. The number of hydrogen-bond donors (Lipinski definition) is 1. The first-order valence-corrected chi connectivity index (χ1v) is 7.07. The Bertz CT molecular complexity index is 655. The summed E-state index contributed by atoms with van der Waals surface area (Å²) in [6.07, 6.45) is 0. The third-order valence-electron chi connectivity index (χ3n) is 2.81. The lowest BCUT2D eigenvalue weighted by molar-refractivity contribution is 0.412. The predicted octanol–water partition coefficient (Wildman–Crippen LogP) is 4.79. The van der Waals surface area contributed by atoms with Crippen molar-refractivity contribution in [3.63, 3.8) is 0 Å². The number of ether oxygens (including phenoxy) is 1. The Balaban J connectivity index is 2.27. The Morgan fingerprint density at radius 3 is 2.65 bits per heavy atom. The fourth-order valence-electron chi connectivity index (χ4n) is 1.79. The number of nitriles is 1. The number of anilines is 1. The summed E-state index contributed by atoms with van der Waals surface area (Å²) in [5.74, 6) is 0.725. The average molecular weight is 352 g/mol. The van der Waals surface area contributed by atoms with Crippen molar-refractivity contribution in [1.29, 1.82) is 5.26 Å². The summed E-state index contributed by atoms with van der Waals surface area (Å²) >= 11 is 9.51. The highest BCUT2D eigenvalue weighted by atomic mass is 79.9. The lowest BCUT2D eigenvalue weighted by Gasteiger charge is -2.15. The summed E-state index contributed by atoms with van der Waals surface area (Å²) in [4.78, 5) is 0. The molecule has 1 atom stereocenters. The number of halogens is 2. The van der Waals surface area contributed by atoms with Crippen LogP contribution in [0.1, 0.15) is 11.6 Å². The van der Waals surface area contributed by atoms with Gasteiger partial charge >= 0.3 is 0 Å². The van der Waals surface area contributed by atoms with Crippen molar-refractivity contribution in [3.05, 3.63) is 57.5 Å². The fraction of sp³-hybridized carbons (Fsp3) is 0.133. The minimum absolute atomic E-state index is 0.489. The lowest BCUT2D eigenvalue weighted by Crippen LogP contribution is -2.09. The third kappa shape index (κ3) is 3.24. The SMILES string of the molecule is COc1ccc(C(C#N)Nc2ccccc2Cl)cc1Br. The van der Waals surface area contributed by atoms with Gasteiger partial charge in [-0.2, -0.15) is 5.26 Å². The molecule has 2 rings (SSSR count). The van der Waals surface area contributed by atoms with Gasteiger partial charge in [0.25, 0.3) is 0 Å². The number of rotatable bonds is 4. The van der Waals surface area contributed by atoms with Crippen LogP contribution in [0.5, 0.6) is 5.75 Å². The minimum Gasteiger partial charge on any atom is -0.496 e. The van der Waals surface area contributed by atoms with Crippen LogP contribution in [0.4, 0.5) is 5.69 Å². The van der Waals surface area contributed by atoms with Gasteiger partial charge < -0.3 is 10.1 Å². The molecule has 2 aromatic carbocycles. The molecule has 1 unspecified atom stereocenters. The Hall–Kier alpha value is -1.70. The molecule has 102 valence electrons. The normalized spacial score (nSPS) is 11.5. The molecule has 0 aromatic heterocycles. The van der Waals surface area contributed by atoms with Gasteiger partial charge in [0, 0.05) is 0 Å². The Morgan fingerprint density at radius 2 is 2.05 bits per heavy atom. The van der Waals surface area contributed by atoms with E-state index in [2.05, 4.69) is 27.3 Å². The van der Waals surface area contributed by atoms with Crippen LogP contribution in [0.15, 0.2) is 46.9 Å². The molecule has 0 spiro atoms. The maximum absolute atomic E-state index is 9.35. The highest BCUT2D eigenvalue weighted by Gasteiger charge is 2.13. The number of nitrogens with zero attached hydrogens (tertiary/aromatic N) is 1. The van der Waals surface area contributed by atoms with Crippen LogP contribution >= 0.6 is 27.5 Å². The first-order valence-electron chi connectivity index (χ1n) is 5.90. The number of hydrogen-bond acceptors (Lipinski definition) is 3. The van der Waals surface area contributed by atoms with Crippen LogP contribution in [-0.2, 0) is 0 Å². The van der Waals surface area contributed by atoms with Gasteiger partial charge in [0.15, 0.2) is 0 Å². The largest absolute Gasteiger partial charge is 0.496 e. The molecule has 0 aliphatic carbocycles. The zero-order valence-corrected chi connectivity index (χ0v) is 13.1. The predicted molar refractivity (Wildman–Crippen MR) is 84.1 cm³/mol. The molecular weight excluding hydrogens is 340 g/mol. The maximum atomic E-state index is 9.35. The highest BCUT2D eigenvalue weighted by Crippen LogP contribution is 2.30. The van der Waals surface area contributed by atoms with Gasteiger partial charge in [0.2, 0.25) is 0 Å². The van der Waals surface area contributed by atoms with Gasteiger partial charge in [-0.1, -0.05) is 29.8 Å². The van der Waals surface area contributed by atoms with E-state index in [1.807, 2.05) is 36.4 Å². The van der Waals surface area contributed by atoms with Crippen molar-refractivity contribution in [1.82, 2.24) is 0 Å². The fourth-order valence-corrected chi connectivity index (χ4v) is 2.53. The van der Waals surface area contributed by atoms with Crippen molar-refractivity contribution in [2.24, 2.45) is 0 Å². The molecule has 5 heteroatoms. The standard InChI is InChI=1S/C15H12BrClN2O/c1-20-15-7-6-10(8-11(15)16)14(9-18)19-13-5-3-2-4-12(13)17/h2-8,14,19H,1H3. The van der Waals surface area contributed by atoms with E-state index >= 15 is 0 Å². The van der Waals surface area contributed by atoms with Gasteiger partial charge in [-0.15, -0.1) is 0 Å². The van der Waals surface area contributed by atoms with E-state index in [0.29, 0.717) is 5.02 Å². The molecule has 0 amide bonds. The third-order valence-corrected chi connectivity index (χ3v) is 3.76. The van der Waals surface area contributed by atoms with Crippen LogP contribution in [-0.4, -0.2) is 7.11 Å². The van der Waals surface area contributed by atoms with Crippen molar-refractivity contribution >= 4 is 33.2 Å². The molecule has 3 nitrogen and oxygen atoms in total. The molecule has 20 heavy (non-hydrogen) atoms. The monoisotopic (exact) mass is 350 g/mol. The molecule has 0 aliphatic rings. The highest BCUT2D eigenvalue weighted by molar-refractivity contribution is 9.10. The topological polar surface area (TPSA) is 45.0 Å². The second kappa shape index (κ2) is 6.65. The van der Waals surface area contributed by atoms with E-state index in [-0.39, 0.29) is 0 Å². The van der Waals surface area contributed by atoms with Crippen LogP contribution in [0, 0.1) is 11.3 Å². The minimum atomic E-state index is -0.489. The van der Waals surface area contributed by atoms with Crippen LogP contribution in [0.2, 0.25) is 5.02 Å². The molecule has 0 bridgehead atoms. The quantitative estimate of drug-likeness (QED) is 0.861. The van der Waals surface area contributed by atoms with Gasteiger partial charge in [-0.3, -0.25) is 0 Å². The van der Waals surface area contributed by atoms with E-state index < -0.39 is 6.04 Å². The van der Waals surface area contributed by atoms with Crippen molar-refractivity contribution in [3.8, 4) is 11.8 Å². The maximum Gasteiger partial charge on any atom is 0.140 e. The molecule has 0 fully saturated rings. The van der Waals surface area contributed by atoms with Crippen molar-refractivity contribution in [2.45, 2.75) is 6.04 Å². The zero-order valence-electron chi connectivity index (χ0n) is 10.7. The summed E-state index contributed by atoms with van der Waals surface area (Å²) < 4.78 is 5.98. The van der Waals surface area contributed by atoms with Crippen LogP contribution in [0.25, 0.3) is 0 Å². The van der Waals surface area contributed by atoms with Crippen LogP contribution in [0.3, 0.4) is 0 Å². The van der Waals surface area contributed by atoms with Gasteiger partial charge in [-0.25, -0.2) is 0 Å². The summed E-state index contributed by atoms with van der Waals surface area (Å²) in [6, 6.07) is 14.6. The summed E-state index contributed by atoms with van der Waals surface area (Å²) in [5, 5.41) is 13.1. The summed E-state index contributed by atoms with van der Waals surface area (Å²) in [7, 11) is 1.60. The van der Waals surface area contributed by atoms with Crippen molar-refractivity contribution < 1.29 is 4.74 Å². The molecule has 0 heterocycles. The molecular formula is C15H12BrClN2O. The number of para-hydroxylation sites is 1. The first kappa shape index (κ1) is 14.7. The molecule has 0 aliphatic heterocycles. The van der Waals surface area contributed by atoms with Gasteiger partial charge in [0.05, 0.1) is 28.4 Å². The van der Waals surface area contributed by atoms with Gasteiger partial charge in [-0.05, 0) is 45.8 Å². The lowest BCUT2D eigenvalue weighted by atomic mass is 10.1. The Morgan fingerprint density at radius 1 is 1.30 bits per heavy atom. The van der Waals surface area contributed by atoms with Crippen molar-refractivity contribution in [2.75, 3.05) is 12.4 Å². The van der Waals surface area contributed by atoms with E-state index in [1.54, 1.807) is 13.2 Å². The molecule has 0 radical (unpaired) electrons. The summed E-state index contributed by atoms with van der Waals surface area (Å²) in [5.41, 5.74) is 1.56.